The zero-order chi connectivity index (χ0) is 13.7. The Kier molecular flexibility index (Phi) is 4.43. The molecule has 3 N–H and O–H groups in total. The van der Waals surface area contributed by atoms with Crippen LogP contribution in [0.2, 0.25) is 0 Å². The van der Waals surface area contributed by atoms with Crippen LogP contribution in [0.15, 0.2) is 18.3 Å². The van der Waals surface area contributed by atoms with Gasteiger partial charge in [0.05, 0.1) is 37.2 Å². The molecule has 7 heteroatoms. The first-order chi connectivity index (χ1) is 9.15. The molecule has 1 atom stereocenters. The Balaban J connectivity index is 1.91. The number of hydrogen-bond donors (Lipinski definition) is 3. The largest absolute Gasteiger partial charge is 0.481 e. The van der Waals surface area contributed by atoms with Gasteiger partial charge in [0.1, 0.15) is 6.04 Å². The van der Waals surface area contributed by atoms with E-state index in [0.717, 1.165) is 0 Å². The predicted octanol–water partition coefficient (Wildman–Crippen LogP) is -0.364. The van der Waals surface area contributed by atoms with Crippen molar-refractivity contribution in [2.24, 2.45) is 0 Å². The molecule has 0 aromatic carbocycles. The number of nitrogens with one attached hydrogen (secondary N) is 2. The number of ether oxygens (including phenoxy) is 1. The number of morpholine rings is 1. The van der Waals surface area contributed by atoms with E-state index in [9.17, 15) is 9.59 Å². The van der Waals surface area contributed by atoms with E-state index in [-0.39, 0.29) is 18.4 Å². The van der Waals surface area contributed by atoms with Gasteiger partial charge in [-0.25, -0.2) is 0 Å². The molecule has 0 saturated carbocycles. The molecule has 0 radical (unpaired) electrons. The Morgan fingerprint density at radius 1 is 1.53 bits per heavy atom. The minimum atomic E-state index is -0.937. The molecular formula is C12H15N3O4. The molecule has 19 heavy (non-hydrogen) atoms. The van der Waals surface area contributed by atoms with Crippen molar-refractivity contribution in [3.05, 3.63) is 24.0 Å². The van der Waals surface area contributed by atoms with Gasteiger partial charge in [-0.2, -0.15) is 0 Å². The minimum Gasteiger partial charge on any atom is -0.481 e. The van der Waals surface area contributed by atoms with E-state index >= 15 is 0 Å². The number of anilines is 1. The van der Waals surface area contributed by atoms with E-state index in [2.05, 4.69) is 15.6 Å². The first-order valence-corrected chi connectivity index (χ1v) is 5.94. The monoisotopic (exact) mass is 265 g/mol. The molecule has 1 unspecified atom stereocenters. The number of rotatable bonds is 4. The quantitative estimate of drug-likeness (QED) is 0.687. The second-order valence-electron chi connectivity index (χ2n) is 4.18. The van der Waals surface area contributed by atoms with Crippen molar-refractivity contribution in [3.8, 4) is 0 Å². The summed E-state index contributed by atoms with van der Waals surface area (Å²) in [7, 11) is 0. The van der Waals surface area contributed by atoms with E-state index in [1.807, 2.05) is 0 Å². The highest BCUT2D eigenvalue weighted by atomic mass is 16.5. The molecule has 1 aromatic rings. The minimum absolute atomic E-state index is 0.133. The summed E-state index contributed by atoms with van der Waals surface area (Å²) in [6, 6.07) is 2.84. The third-order valence-corrected chi connectivity index (χ3v) is 2.66. The van der Waals surface area contributed by atoms with Gasteiger partial charge in [-0.3, -0.25) is 14.6 Å². The van der Waals surface area contributed by atoms with Crippen molar-refractivity contribution < 1.29 is 19.4 Å². The van der Waals surface area contributed by atoms with Crippen molar-refractivity contribution in [3.63, 3.8) is 0 Å². The third kappa shape index (κ3) is 4.01. The van der Waals surface area contributed by atoms with Crippen LogP contribution in [0.3, 0.4) is 0 Å². The van der Waals surface area contributed by atoms with E-state index in [1.54, 1.807) is 12.1 Å². The Morgan fingerprint density at radius 2 is 2.37 bits per heavy atom. The van der Waals surface area contributed by atoms with Gasteiger partial charge in [0, 0.05) is 6.54 Å². The smallest absolute Gasteiger partial charge is 0.309 e. The van der Waals surface area contributed by atoms with Gasteiger partial charge in [-0.1, -0.05) is 0 Å². The molecule has 1 aliphatic heterocycles. The molecule has 2 rings (SSSR count). The van der Waals surface area contributed by atoms with E-state index < -0.39 is 5.97 Å². The summed E-state index contributed by atoms with van der Waals surface area (Å²) in [4.78, 5) is 26.3. The van der Waals surface area contributed by atoms with E-state index in [4.69, 9.17) is 9.84 Å². The fraction of sp³-hybridized carbons (Fsp3) is 0.417. The van der Waals surface area contributed by atoms with Crippen LogP contribution in [-0.4, -0.2) is 47.8 Å². The Labute approximate surface area is 110 Å². The molecule has 0 aliphatic carbocycles. The van der Waals surface area contributed by atoms with Crippen LogP contribution in [0.4, 0.5) is 5.69 Å². The van der Waals surface area contributed by atoms with Gasteiger partial charge >= 0.3 is 5.97 Å². The van der Waals surface area contributed by atoms with Crippen molar-refractivity contribution in [2.45, 2.75) is 12.5 Å². The maximum Gasteiger partial charge on any atom is 0.309 e. The number of pyridine rings is 1. The van der Waals surface area contributed by atoms with Gasteiger partial charge in [0.2, 0.25) is 5.91 Å². The number of amides is 1. The Morgan fingerprint density at radius 3 is 2.95 bits per heavy atom. The lowest BCUT2D eigenvalue weighted by molar-refractivity contribution is -0.136. The van der Waals surface area contributed by atoms with Crippen LogP contribution >= 0.6 is 0 Å². The van der Waals surface area contributed by atoms with Crippen LogP contribution in [-0.2, 0) is 20.7 Å². The average molecular weight is 265 g/mol. The SMILES string of the molecule is O=C(O)Cc1ccc(NC(=O)C2COCCN2)cn1. The van der Waals surface area contributed by atoms with Crippen LogP contribution in [0.1, 0.15) is 5.69 Å². The Hall–Kier alpha value is -1.99. The standard InChI is InChI=1S/C12H15N3O4/c16-11(17)5-8-1-2-9(6-14-8)15-12(18)10-7-19-4-3-13-10/h1-2,6,10,13H,3-5,7H2,(H,15,18)(H,16,17). The van der Waals surface area contributed by atoms with Gasteiger partial charge in [-0.05, 0) is 12.1 Å². The summed E-state index contributed by atoms with van der Waals surface area (Å²) >= 11 is 0. The number of nitrogens with zero attached hydrogens (tertiary/aromatic N) is 1. The highest BCUT2D eigenvalue weighted by molar-refractivity contribution is 5.94. The second kappa shape index (κ2) is 6.26. The lowest BCUT2D eigenvalue weighted by Crippen LogP contribution is -2.48. The lowest BCUT2D eigenvalue weighted by atomic mass is 10.2. The van der Waals surface area contributed by atoms with Crippen molar-refractivity contribution in [2.75, 3.05) is 25.1 Å². The van der Waals surface area contributed by atoms with Crippen molar-refractivity contribution in [1.82, 2.24) is 10.3 Å². The molecule has 0 bridgehead atoms. The van der Waals surface area contributed by atoms with E-state index in [1.165, 1.54) is 6.20 Å². The molecule has 1 aromatic heterocycles. The van der Waals surface area contributed by atoms with Crippen molar-refractivity contribution >= 4 is 17.6 Å². The van der Waals surface area contributed by atoms with Crippen molar-refractivity contribution in [1.29, 1.82) is 0 Å². The highest BCUT2D eigenvalue weighted by Crippen LogP contribution is 2.08. The van der Waals surface area contributed by atoms with Gasteiger partial charge < -0.3 is 20.5 Å². The summed E-state index contributed by atoms with van der Waals surface area (Å²) in [5.41, 5.74) is 0.983. The summed E-state index contributed by atoms with van der Waals surface area (Å²) in [6.07, 6.45) is 1.31. The number of aliphatic carboxylic acids is 1. The first kappa shape index (κ1) is 13.4. The summed E-state index contributed by atoms with van der Waals surface area (Å²) in [6.45, 7) is 1.60. The number of aromatic nitrogens is 1. The van der Waals surface area contributed by atoms with Crippen LogP contribution in [0, 0.1) is 0 Å². The van der Waals surface area contributed by atoms with Gasteiger partial charge in [0.15, 0.2) is 0 Å². The fourth-order valence-electron chi connectivity index (χ4n) is 1.72. The van der Waals surface area contributed by atoms with Crippen LogP contribution in [0.25, 0.3) is 0 Å². The maximum absolute atomic E-state index is 11.9. The zero-order valence-electron chi connectivity index (χ0n) is 10.3. The maximum atomic E-state index is 11.9. The molecule has 102 valence electrons. The topological polar surface area (TPSA) is 101 Å². The van der Waals surface area contributed by atoms with Crippen LogP contribution < -0.4 is 10.6 Å². The second-order valence-corrected chi connectivity index (χ2v) is 4.18. The van der Waals surface area contributed by atoms with E-state index in [0.29, 0.717) is 31.1 Å². The predicted molar refractivity (Wildman–Crippen MR) is 66.8 cm³/mol. The number of carbonyl (C=O) groups excluding carboxylic acids is 1. The number of carboxylic acid groups (broad SMARTS) is 1. The fourth-order valence-corrected chi connectivity index (χ4v) is 1.72. The third-order valence-electron chi connectivity index (χ3n) is 2.66. The number of hydrogen-bond acceptors (Lipinski definition) is 5. The Bertz CT molecular complexity index is 455. The molecule has 7 nitrogen and oxygen atoms in total. The molecular weight excluding hydrogens is 250 g/mol. The lowest BCUT2D eigenvalue weighted by Gasteiger charge is -2.22. The summed E-state index contributed by atoms with van der Waals surface area (Å²) < 4.78 is 5.20. The zero-order valence-corrected chi connectivity index (χ0v) is 10.3. The molecule has 0 spiro atoms. The first-order valence-electron chi connectivity index (χ1n) is 5.94. The summed E-state index contributed by atoms with van der Waals surface area (Å²) in [5.74, 6) is -1.12. The molecule has 2 heterocycles. The van der Waals surface area contributed by atoms with Gasteiger partial charge in [0.25, 0.3) is 0 Å². The average Bonchev–Trinajstić information content (AvgIpc) is 2.41. The normalized spacial score (nSPS) is 18.8. The summed E-state index contributed by atoms with van der Waals surface area (Å²) in [5, 5.41) is 14.4. The molecule has 1 amide bonds. The molecule has 1 fully saturated rings. The molecule has 1 aliphatic rings. The molecule has 1 saturated heterocycles. The highest BCUT2D eigenvalue weighted by Gasteiger charge is 2.21. The van der Waals surface area contributed by atoms with Gasteiger partial charge in [-0.15, -0.1) is 0 Å². The van der Waals surface area contributed by atoms with Crippen LogP contribution in [0.5, 0.6) is 0 Å². The number of carboxylic acids is 1. The number of carbonyl (C=O) groups is 2.